The van der Waals surface area contributed by atoms with Crippen molar-refractivity contribution < 1.29 is 19.6 Å². The van der Waals surface area contributed by atoms with Crippen LogP contribution in [0.2, 0.25) is 0 Å². The molecule has 150 valence electrons. The zero-order valence-corrected chi connectivity index (χ0v) is 17.2. The van der Waals surface area contributed by atoms with Crippen molar-refractivity contribution in [2.45, 2.75) is 19.4 Å². The number of fused-ring (bicyclic) bond motifs is 1. The first-order valence-electron chi connectivity index (χ1n) is 9.82. The van der Waals surface area contributed by atoms with Gasteiger partial charge in [-0.2, -0.15) is 0 Å². The second-order valence-electron chi connectivity index (χ2n) is 7.10. The van der Waals surface area contributed by atoms with Gasteiger partial charge in [0.15, 0.2) is 18.0 Å². The Labute approximate surface area is 174 Å². The highest BCUT2D eigenvalue weighted by molar-refractivity contribution is 7.10. The van der Waals surface area contributed by atoms with Gasteiger partial charge in [0.05, 0.1) is 18.1 Å². The van der Waals surface area contributed by atoms with Crippen molar-refractivity contribution in [2.24, 2.45) is 0 Å². The fourth-order valence-corrected chi connectivity index (χ4v) is 4.19. The Morgan fingerprint density at radius 3 is 2.66 bits per heavy atom. The van der Waals surface area contributed by atoms with Crippen LogP contribution in [0.15, 0.2) is 60.0 Å². The van der Waals surface area contributed by atoms with Gasteiger partial charge in [-0.25, -0.2) is 0 Å². The van der Waals surface area contributed by atoms with E-state index in [-0.39, 0.29) is 11.9 Å². The molecule has 3 aromatic rings. The second-order valence-corrected chi connectivity index (χ2v) is 8.08. The van der Waals surface area contributed by atoms with E-state index in [1.54, 1.807) is 11.3 Å². The van der Waals surface area contributed by atoms with Crippen LogP contribution in [0.3, 0.4) is 0 Å². The van der Waals surface area contributed by atoms with Gasteiger partial charge in [-0.15, -0.1) is 11.3 Å². The van der Waals surface area contributed by atoms with E-state index in [4.69, 9.17) is 9.47 Å². The largest absolute Gasteiger partial charge is 0.490 e. The van der Waals surface area contributed by atoms with Crippen molar-refractivity contribution in [3.8, 4) is 11.5 Å². The third kappa shape index (κ3) is 4.96. The molecule has 1 aromatic heterocycles. The molecule has 1 aliphatic heterocycles. The normalized spacial score (nSPS) is 14.1. The summed E-state index contributed by atoms with van der Waals surface area (Å²) in [5.74, 6) is 1.36. The van der Waals surface area contributed by atoms with Crippen LogP contribution in [-0.2, 0) is 4.79 Å². The van der Waals surface area contributed by atoms with Crippen LogP contribution < -0.4 is 20.1 Å². The van der Waals surface area contributed by atoms with Gasteiger partial charge in [-0.05, 0) is 30.5 Å². The maximum absolute atomic E-state index is 12.6. The van der Waals surface area contributed by atoms with Crippen LogP contribution in [0.25, 0.3) is 0 Å². The Balaban J connectivity index is 1.42. The molecular formula is C23H25N2O3S+. The molecule has 1 amide bonds. The van der Waals surface area contributed by atoms with Gasteiger partial charge in [-0.3, -0.25) is 4.79 Å². The molecule has 1 aliphatic rings. The van der Waals surface area contributed by atoms with Crippen molar-refractivity contribution in [1.82, 2.24) is 0 Å². The lowest BCUT2D eigenvalue weighted by Gasteiger charge is -2.15. The molecule has 1 atom stereocenters. The van der Waals surface area contributed by atoms with E-state index in [1.165, 1.54) is 16.0 Å². The summed E-state index contributed by atoms with van der Waals surface area (Å²) in [4.78, 5) is 13.8. The first kappa shape index (κ1) is 19.5. The average molecular weight is 410 g/mol. The first-order valence-corrected chi connectivity index (χ1v) is 10.7. The third-order valence-corrected chi connectivity index (χ3v) is 5.81. The Kier molecular flexibility index (Phi) is 6.12. The molecule has 6 heteroatoms. The maximum atomic E-state index is 12.6. The molecule has 0 fully saturated rings. The predicted molar refractivity (Wildman–Crippen MR) is 115 cm³/mol. The van der Waals surface area contributed by atoms with Crippen molar-refractivity contribution in [2.75, 3.05) is 25.1 Å². The van der Waals surface area contributed by atoms with Crippen LogP contribution in [0.5, 0.6) is 11.5 Å². The molecule has 2 aromatic carbocycles. The van der Waals surface area contributed by atoms with Crippen molar-refractivity contribution in [3.63, 3.8) is 0 Å². The zero-order chi connectivity index (χ0) is 20.1. The van der Waals surface area contributed by atoms with E-state index in [0.29, 0.717) is 25.5 Å². The lowest BCUT2D eigenvalue weighted by Crippen LogP contribution is -2.87. The van der Waals surface area contributed by atoms with E-state index < -0.39 is 0 Å². The number of carbonyl (C=O) groups excluding carboxylic acids is 1. The number of carbonyl (C=O) groups is 1. The van der Waals surface area contributed by atoms with E-state index in [9.17, 15) is 4.79 Å². The SMILES string of the molecule is Cc1ccc([C@@H]([NH2+]CC(=O)Nc2ccc3c(c2)OCCCO3)c2cccs2)cc1. The summed E-state index contributed by atoms with van der Waals surface area (Å²) in [6, 6.07) is 18.3. The van der Waals surface area contributed by atoms with E-state index in [0.717, 1.165) is 17.9 Å². The van der Waals surface area contributed by atoms with Gasteiger partial charge in [0, 0.05) is 23.7 Å². The lowest BCUT2D eigenvalue weighted by atomic mass is 10.0. The summed E-state index contributed by atoms with van der Waals surface area (Å²) in [5, 5.41) is 7.12. The summed E-state index contributed by atoms with van der Waals surface area (Å²) < 4.78 is 11.3. The summed E-state index contributed by atoms with van der Waals surface area (Å²) in [6.07, 6.45) is 0.856. The molecule has 0 bridgehead atoms. The molecule has 0 saturated carbocycles. The van der Waals surface area contributed by atoms with Gasteiger partial charge < -0.3 is 20.1 Å². The standard InChI is InChI=1S/C23H24N2O3S/c1-16-5-7-17(8-6-16)23(21-4-2-13-29-21)24-15-22(26)25-18-9-10-19-20(14-18)28-12-3-11-27-19/h2,4-10,13-14,23-24H,3,11-12,15H2,1H3,(H,25,26)/p+1/t23-/m1/s1. The molecule has 0 saturated heterocycles. The van der Waals surface area contributed by atoms with Crippen LogP contribution in [0, 0.1) is 6.92 Å². The quantitative estimate of drug-likeness (QED) is 0.655. The fraction of sp³-hybridized carbons (Fsp3) is 0.261. The molecule has 2 heterocycles. The highest BCUT2D eigenvalue weighted by atomic mass is 32.1. The van der Waals surface area contributed by atoms with Gasteiger partial charge >= 0.3 is 0 Å². The number of rotatable bonds is 6. The molecule has 29 heavy (non-hydrogen) atoms. The molecule has 0 unspecified atom stereocenters. The first-order chi connectivity index (χ1) is 14.2. The molecule has 0 radical (unpaired) electrons. The predicted octanol–water partition coefficient (Wildman–Crippen LogP) is 3.51. The third-order valence-electron chi connectivity index (χ3n) is 4.86. The highest BCUT2D eigenvalue weighted by Gasteiger charge is 2.20. The Morgan fingerprint density at radius 1 is 1.10 bits per heavy atom. The lowest BCUT2D eigenvalue weighted by molar-refractivity contribution is -0.675. The fourth-order valence-electron chi connectivity index (χ4n) is 3.34. The number of quaternary nitrogens is 1. The van der Waals surface area contributed by atoms with Gasteiger partial charge in [-0.1, -0.05) is 35.9 Å². The Bertz CT molecular complexity index is 955. The highest BCUT2D eigenvalue weighted by Crippen LogP contribution is 2.32. The molecule has 0 spiro atoms. The number of nitrogens with one attached hydrogen (secondary N) is 1. The minimum Gasteiger partial charge on any atom is -0.490 e. The molecule has 3 N–H and O–H groups in total. The number of hydrogen-bond donors (Lipinski definition) is 2. The topological polar surface area (TPSA) is 64.2 Å². The molecule has 0 aliphatic carbocycles. The summed E-state index contributed by atoms with van der Waals surface area (Å²) >= 11 is 1.71. The average Bonchev–Trinajstić information content (AvgIpc) is 3.15. The van der Waals surface area contributed by atoms with Crippen molar-refractivity contribution in [1.29, 1.82) is 0 Å². The number of aryl methyl sites for hydroxylation is 1. The van der Waals surface area contributed by atoms with Crippen LogP contribution in [0.4, 0.5) is 5.69 Å². The van der Waals surface area contributed by atoms with Crippen LogP contribution >= 0.6 is 11.3 Å². The monoisotopic (exact) mass is 409 g/mol. The minimum atomic E-state index is -0.0480. The van der Waals surface area contributed by atoms with Gasteiger partial charge in [0.2, 0.25) is 0 Å². The van der Waals surface area contributed by atoms with Crippen molar-refractivity contribution in [3.05, 3.63) is 76.0 Å². The van der Waals surface area contributed by atoms with Crippen molar-refractivity contribution >= 4 is 22.9 Å². The van der Waals surface area contributed by atoms with E-state index in [2.05, 4.69) is 53.3 Å². The maximum Gasteiger partial charge on any atom is 0.279 e. The summed E-state index contributed by atoms with van der Waals surface area (Å²) in [5.41, 5.74) is 3.14. The molecule has 5 nitrogen and oxygen atoms in total. The van der Waals surface area contributed by atoms with Crippen LogP contribution in [0.1, 0.15) is 28.5 Å². The second kappa shape index (κ2) is 9.11. The number of amides is 1. The van der Waals surface area contributed by atoms with Gasteiger partial charge in [0.25, 0.3) is 5.91 Å². The number of benzene rings is 2. The molecule has 4 rings (SSSR count). The smallest absolute Gasteiger partial charge is 0.279 e. The number of ether oxygens (including phenoxy) is 2. The number of thiophene rings is 1. The summed E-state index contributed by atoms with van der Waals surface area (Å²) in [7, 11) is 0. The number of hydrogen-bond acceptors (Lipinski definition) is 4. The Hall–Kier alpha value is -2.83. The van der Waals surface area contributed by atoms with Gasteiger partial charge in [0.1, 0.15) is 6.04 Å². The minimum absolute atomic E-state index is 0.0480. The Morgan fingerprint density at radius 2 is 1.90 bits per heavy atom. The summed E-state index contributed by atoms with van der Waals surface area (Å²) in [6.45, 7) is 3.68. The van der Waals surface area contributed by atoms with Crippen LogP contribution in [-0.4, -0.2) is 25.7 Å². The van der Waals surface area contributed by atoms with E-state index in [1.807, 2.05) is 24.3 Å². The number of anilines is 1. The van der Waals surface area contributed by atoms with E-state index >= 15 is 0 Å². The number of nitrogens with two attached hydrogens (primary N) is 1. The zero-order valence-electron chi connectivity index (χ0n) is 16.4. The molecular weight excluding hydrogens is 384 g/mol.